The van der Waals surface area contributed by atoms with Crippen molar-refractivity contribution in [2.75, 3.05) is 7.11 Å². The Kier molecular flexibility index (Phi) is 6.18. The van der Waals surface area contributed by atoms with Crippen LogP contribution in [0.2, 0.25) is 0 Å². The molecule has 2 aromatic carbocycles. The fourth-order valence-electron chi connectivity index (χ4n) is 4.47. The maximum atomic E-state index is 13.3. The average Bonchev–Trinajstić information content (AvgIpc) is 3.45. The van der Waals surface area contributed by atoms with Gasteiger partial charge in [0.25, 0.3) is 5.91 Å². The largest absolute Gasteiger partial charge is 0.496 e. The van der Waals surface area contributed by atoms with Crippen molar-refractivity contribution < 1.29 is 13.9 Å². The zero-order chi connectivity index (χ0) is 23.8. The zero-order valence-corrected chi connectivity index (χ0v) is 21.0. The predicted molar refractivity (Wildman–Crippen MR) is 133 cm³/mol. The number of methoxy groups -OCH3 is 1. The SMILES string of the molecule is CCc1ccc(C2CC3C(=O)N(Cc4nc(-c5cc(Br)ccc5OC)oc4C)C=CN3N2)cc1. The third-order valence-electron chi connectivity index (χ3n) is 6.47. The van der Waals surface area contributed by atoms with Crippen LogP contribution in [0.3, 0.4) is 0 Å². The maximum Gasteiger partial charge on any atom is 0.251 e. The van der Waals surface area contributed by atoms with Crippen LogP contribution in [-0.4, -0.2) is 34.0 Å². The van der Waals surface area contributed by atoms with Crippen LogP contribution < -0.4 is 10.2 Å². The summed E-state index contributed by atoms with van der Waals surface area (Å²) >= 11 is 3.49. The van der Waals surface area contributed by atoms with Gasteiger partial charge in [0.15, 0.2) is 0 Å². The zero-order valence-electron chi connectivity index (χ0n) is 19.4. The van der Waals surface area contributed by atoms with Crippen molar-refractivity contribution >= 4 is 21.8 Å². The summed E-state index contributed by atoms with van der Waals surface area (Å²) in [5.74, 6) is 1.88. The molecule has 3 aromatic rings. The number of oxazole rings is 1. The highest BCUT2D eigenvalue weighted by molar-refractivity contribution is 9.10. The molecule has 1 amide bonds. The summed E-state index contributed by atoms with van der Waals surface area (Å²) in [7, 11) is 1.62. The summed E-state index contributed by atoms with van der Waals surface area (Å²) in [6.07, 6.45) is 5.46. The van der Waals surface area contributed by atoms with Crippen LogP contribution in [0.15, 0.2) is 63.8 Å². The average molecular weight is 523 g/mol. The number of hydrazine groups is 1. The number of benzene rings is 2. The lowest BCUT2D eigenvalue weighted by Crippen LogP contribution is -2.47. The van der Waals surface area contributed by atoms with Crippen molar-refractivity contribution in [3.05, 3.63) is 81.9 Å². The summed E-state index contributed by atoms with van der Waals surface area (Å²) < 4.78 is 12.3. The van der Waals surface area contributed by atoms with Gasteiger partial charge in [-0.25, -0.2) is 10.4 Å². The monoisotopic (exact) mass is 522 g/mol. The fraction of sp³-hybridized carbons (Fsp3) is 0.308. The van der Waals surface area contributed by atoms with E-state index in [1.807, 2.05) is 42.5 Å². The summed E-state index contributed by atoms with van der Waals surface area (Å²) in [6, 6.07) is 14.1. The second kappa shape index (κ2) is 9.27. The number of amides is 1. The van der Waals surface area contributed by atoms with Crippen molar-refractivity contribution in [2.24, 2.45) is 0 Å². The summed E-state index contributed by atoms with van der Waals surface area (Å²) in [6.45, 7) is 4.37. The standard InChI is InChI=1S/C26H27BrN4O3/c1-4-17-5-7-18(8-6-17)21-14-23-26(32)30(11-12-31(23)29-21)15-22-16(2)34-25(28-22)20-13-19(27)9-10-24(20)33-3/h5-13,21,23,29H,4,14-15H2,1-3H3. The van der Waals surface area contributed by atoms with E-state index < -0.39 is 0 Å². The van der Waals surface area contributed by atoms with Gasteiger partial charge in [0.1, 0.15) is 23.2 Å². The second-order valence-electron chi connectivity index (χ2n) is 8.57. The van der Waals surface area contributed by atoms with E-state index in [2.05, 4.69) is 52.5 Å². The first-order chi connectivity index (χ1) is 16.5. The molecule has 2 unspecified atom stereocenters. The quantitative estimate of drug-likeness (QED) is 0.484. The molecule has 2 aliphatic rings. The minimum atomic E-state index is -0.252. The molecule has 0 bridgehead atoms. The highest BCUT2D eigenvalue weighted by Gasteiger charge is 2.40. The van der Waals surface area contributed by atoms with Crippen molar-refractivity contribution in [3.8, 4) is 17.2 Å². The van der Waals surface area contributed by atoms with Crippen LogP contribution in [0, 0.1) is 6.92 Å². The number of carbonyl (C=O) groups is 1. The molecular weight excluding hydrogens is 496 g/mol. The normalized spacial score (nSPS) is 19.6. The van der Waals surface area contributed by atoms with Crippen molar-refractivity contribution in [1.29, 1.82) is 0 Å². The first-order valence-corrected chi connectivity index (χ1v) is 12.2. The van der Waals surface area contributed by atoms with Gasteiger partial charge in [0.2, 0.25) is 5.89 Å². The third kappa shape index (κ3) is 4.23. The molecule has 1 saturated heterocycles. The second-order valence-corrected chi connectivity index (χ2v) is 9.48. The lowest BCUT2D eigenvalue weighted by molar-refractivity contribution is -0.135. The number of fused-ring (bicyclic) bond motifs is 1. The van der Waals surface area contributed by atoms with Gasteiger partial charge in [0, 0.05) is 16.9 Å². The van der Waals surface area contributed by atoms with Crippen LogP contribution in [0.25, 0.3) is 11.5 Å². The van der Waals surface area contributed by atoms with Gasteiger partial charge >= 0.3 is 0 Å². The number of ether oxygens (including phenoxy) is 1. The van der Waals surface area contributed by atoms with Gasteiger partial charge in [-0.15, -0.1) is 0 Å². The molecule has 0 aliphatic carbocycles. The molecule has 0 spiro atoms. The van der Waals surface area contributed by atoms with E-state index >= 15 is 0 Å². The molecule has 2 aliphatic heterocycles. The predicted octanol–water partition coefficient (Wildman–Crippen LogP) is 5.12. The van der Waals surface area contributed by atoms with E-state index in [1.54, 1.807) is 12.0 Å². The van der Waals surface area contributed by atoms with Gasteiger partial charge in [-0.2, -0.15) is 0 Å². The van der Waals surface area contributed by atoms with Gasteiger partial charge < -0.3 is 19.1 Å². The molecule has 1 N–H and O–H groups in total. The molecule has 7 nitrogen and oxygen atoms in total. The molecular formula is C26H27BrN4O3. The fourth-order valence-corrected chi connectivity index (χ4v) is 4.83. The smallest absolute Gasteiger partial charge is 0.251 e. The number of halogens is 1. The van der Waals surface area contributed by atoms with Crippen molar-refractivity contribution in [2.45, 2.75) is 45.3 Å². The molecule has 3 heterocycles. The van der Waals surface area contributed by atoms with Gasteiger partial charge in [0.05, 0.1) is 25.3 Å². The Morgan fingerprint density at radius 2 is 2.00 bits per heavy atom. The van der Waals surface area contributed by atoms with Crippen LogP contribution in [0.5, 0.6) is 5.75 Å². The highest BCUT2D eigenvalue weighted by Crippen LogP contribution is 2.34. The van der Waals surface area contributed by atoms with Gasteiger partial charge in [-0.3, -0.25) is 4.79 Å². The molecule has 1 fully saturated rings. The lowest BCUT2D eigenvalue weighted by Gasteiger charge is -2.31. The van der Waals surface area contributed by atoms with Crippen molar-refractivity contribution in [1.82, 2.24) is 20.3 Å². The Hall–Kier alpha value is -3.10. The number of rotatable bonds is 6. The highest BCUT2D eigenvalue weighted by atomic mass is 79.9. The number of hydrogen-bond acceptors (Lipinski definition) is 6. The Balaban J connectivity index is 1.32. The van der Waals surface area contributed by atoms with Crippen molar-refractivity contribution in [3.63, 3.8) is 0 Å². The third-order valence-corrected chi connectivity index (χ3v) is 6.96. The molecule has 0 saturated carbocycles. The molecule has 34 heavy (non-hydrogen) atoms. The number of aromatic nitrogens is 1. The Morgan fingerprint density at radius 1 is 1.21 bits per heavy atom. The topological polar surface area (TPSA) is 70.8 Å². The number of aryl methyl sites for hydroxylation is 2. The van der Waals surface area contributed by atoms with Gasteiger partial charge in [-0.1, -0.05) is 47.1 Å². The summed E-state index contributed by atoms with van der Waals surface area (Å²) in [4.78, 5) is 19.7. The molecule has 176 valence electrons. The number of nitrogens with one attached hydrogen (secondary N) is 1. The molecule has 5 rings (SSSR count). The van der Waals surface area contributed by atoms with Crippen LogP contribution in [0.4, 0.5) is 0 Å². The van der Waals surface area contributed by atoms with E-state index in [0.29, 0.717) is 30.4 Å². The molecule has 8 heteroatoms. The summed E-state index contributed by atoms with van der Waals surface area (Å²) in [5.41, 5.74) is 7.45. The van der Waals surface area contributed by atoms with E-state index in [9.17, 15) is 4.79 Å². The molecule has 0 radical (unpaired) electrons. The van der Waals surface area contributed by atoms with E-state index in [1.165, 1.54) is 11.1 Å². The Labute approximate surface area is 207 Å². The van der Waals surface area contributed by atoms with Crippen LogP contribution in [-0.2, 0) is 17.8 Å². The minimum absolute atomic E-state index is 0.0478. The van der Waals surface area contributed by atoms with E-state index in [4.69, 9.17) is 14.1 Å². The number of nitrogens with zero attached hydrogens (tertiary/aromatic N) is 3. The van der Waals surface area contributed by atoms with E-state index in [0.717, 1.165) is 22.2 Å². The number of carbonyl (C=O) groups excluding carboxylic acids is 1. The van der Waals surface area contributed by atoms with E-state index in [-0.39, 0.29) is 18.0 Å². The van der Waals surface area contributed by atoms with Gasteiger partial charge in [-0.05, 0) is 49.1 Å². The Morgan fingerprint density at radius 3 is 2.74 bits per heavy atom. The van der Waals surface area contributed by atoms with Crippen LogP contribution in [0.1, 0.15) is 42.0 Å². The molecule has 2 atom stereocenters. The lowest BCUT2D eigenvalue weighted by atomic mass is 9.99. The minimum Gasteiger partial charge on any atom is -0.496 e. The van der Waals surface area contributed by atoms with Crippen LogP contribution >= 0.6 is 15.9 Å². The maximum absolute atomic E-state index is 13.3. The first kappa shape index (κ1) is 22.7. The molecule has 1 aromatic heterocycles. The summed E-state index contributed by atoms with van der Waals surface area (Å²) in [5, 5.41) is 1.92. The first-order valence-electron chi connectivity index (χ1n) is 11.4. The Bertz CT molecular complexity index is 1240. The number of hydrogen-bond donors (Lipinski definition) is 1.